The lowest BCUT2D eigenvalue weighted by atomic mass is 9.98. The average molecular weight is 332 g/mol. The van der Waals surface area contributed by atoms with Gasteiger partial charge in [-0.2, -0.15) is 5.26 Å². The van der Waals surface area contributed by atoms with Gasteiger partial charge in [0.2, 0.25) is 5.91 Å². The van der Waals surface area contributed by atoms with Gasteiger partial charge in [-0.1, -0.05) is 48.5 Å². The van der Waals surface area contributed by atoms with E-state index in [4.69, 9.17) is 5.26 Å². The minimum absolute atomic E-state index is 0.0357. The first-order valence-corrected chi connectivity index (χ1v) is 8.37. The summed E-state index contributed by atoms with van der Waals surface area (Å²) in [6, 6.07) is 18.9. The summed E-state index contributed by atoms with van der Waals surface area (Å²) in [4.78, 5) is 14.2. The van der Waals surface area contributed by atoms with E-state index in [1.54, 1.807) is 4.90 Å². The van der Waals surface area contributed by atoms with E-state index in [0.29, 0.717) is 18.7 Å². The molecule has 1 aliphatic heterocycles. The highest BCUT2D eigenvalue weighted by Gasteiger charge is 2.21. The Labute approximate surface area is 147 Å². The fraction of sp³-hybridized carbons (Fsp3) is 0.238. The molecule has 3 rings (SSSR count). The molecule has 1 N–H and O–H groups in total. The summed E-state index contributed by atoms with van der Waals surface area (Å²) in [5.74, 6) is -0.0357. The normalized spacial score (nSPS) is 15.2. The third-order valence-corrected chi connectivity index (χ3v) is 4.50. The minimum Gasteiger partial charge on any atom is -0.388 e. The van der Waals surface area contributed by atoms with E-state index in [9.17, 15) is 9.90 Å². The summed E-state index contributed by atoms with van der Waals surface area (Å²) < 4.78 is 0. The zero-order valence-corrected chi connectivity index (χ0v) is 13.9. The van der Waals surface area contributed by atoms with Crippen molar-refractivity contribution in [1.29, 1.82) is 5.26 Å². The van der Waals surface area contributed by atoms with Gasteiger partial charge in [-0.3, -0.25) is 4.79 Å². The van der Waals surface area contributed by atoms with Gasteiger partial charge < -0.3 is 10.0 Å². The lowest BCUT2D eigenvalue weighted by Gasteiger charge is -2.27. The zero-order chi connectivity index (χ0) is 17.6. The molecule has 0 radical (unpaired) electrons. The molecule has 0 fully saturated rings. The molecule has 1 amide bonds. The van der Waals surface area contributed by atoms with Crippen molar-refractivity contribution in [2.45, 2.75) is 18.9 Å². The van der Waals surface area contributed by atoms with Crippen LogP contribution in [-0.4, -0.2) is 29.0 Å². The first kappa shape index (κ1) is 16.9. The van der Waals surface area contributed by atoms with E-state index < -0.39 is 6.10 Å². The Bertz CT molecular complexity index is 804. The number of benzene rings is 2. The molecule has 0 bridgehead atoms. The number of nitriles is 1. The smallest absolute Gasteiger partial charge is 0.225 e. The molecule has 0 aliphatic carbocycles. The van der Waals surface area contributed by atoms with Gasteiger partial charge in [0.15, 0.2) is 0 Å². The molecule has 1 aliphatic rings. The standard InChI is InChI=1S/C21H20N2O2/c22-15-16-6-8-17(9-7-16)18-10-12-23(13-11-18)21(25)14-20(24)19-4-2-1-3-5-19/h1-10,20,24H,11-14H2. The molecule has 4 nitrogen and oxygen atoms in total. The molecule has 0 saturated heterocycles. The van der Waals surface area contributed by atoms with Gasteiger partial charge in [0.05, 0.1) is 24.2 Å². The molecule has 1 unspecified atom stereocenters. The van der Waals surface area contributed by atoms with Gasteiger partial charge in [-0.25, -0.2) is 0 Å². The number of hydrogen-bond acceptors (Lipinski definition) is 3. The van der Waals surface area contributed by atoms with Crippen LogP contribution in [0.1, 0.15) is 35.6 Å². The lowest BCUT2D eigenvalue weighted by molar-refractivity contribution is -0.132. The fourth-order valence-electron chi connectivity index (χ4n) is 3.00. The predicted molar refractivity (Wildman–Crippen MR) is 96.3 cm³/mol. The van der Waals surface area contributed by atoms with Crippen LogP contribution in [0.5, 0.6) is 0 Å². The quantitative estimate of drug-likeness (QED) is 0.934. The SMILES string of the molecule is N#Cc1ccc(C2=CCN(C(=O)CC(O)c3ccccc3)CC2)cc1. The van der Waals surface area contributed by atoms with E-state index in [1.807, 2.05) is 54.6 Å². The summed E-state index contributed by atoms with van der Waals surface area (Å²) in [5, 5.41) is 19.1. The number of aliphatic hydroxyl groups excluding tert-OH is 1. The van der Waals surface area contributed by atoms with Gasteiger partial charge in [0.1, 0.15) is 0 Å². The Morgan fingerprint density at radius 2 is 1.88 bits per heavy atom. The first-order chi connectivity index (χ1) is 12.2. The van der Waals surface area contributed by atoms with Crippen LogP contribution in [0.4, 0.5) is 0 Å². The highest BCUT2D eigenvalue weighted by atomic mass is 16.3. The summed E-state index contributed by atoms with van der Waals surface area (Å²) in [6.45, 7) is 1.20. The van der Waals surface area contributed by atoms with E-state index >= 15 is 0 Å². The van der Waals surface area contributed by atoms with Gasteiger partial charge >= 0.3 is 0 Å². The van der Waals surface area contributed by atoms with Crippen molar-refractivity contribution in [3.8, 4) is 6.07 Å². The number of carbonyl (C=O) groups is 1. The number of amides is 1. The van der Waals surface area contributed by atoms with E-state index in [2.05, 4.69) is 12.1 Å². The number of nitrogens with zero attached hydrogens (tertiary/aromatic N) is 2. The van der Waals surface area contributed by atoms with Crippen LogP contribution >= 0.6 is 0 Å². The Morgan fingerprint density at radius 3 is 2.48 bits per heavy atom. The average Bonchev–Trinajstić information content (AvgIpc) is 2.69. The van der Waals surface area contributed by atoms with Crippen LogP contribution in [0.25, 0.3) is 5.57 Å². The lowest BCUT2D eigenvalue weighted by Crippen LogP contribution is -2.35. The Kier molecular flexibility index (Phi) is 5.27. The zero-order valence-electron chi connectivity index (χ0n) is 13.9. The second-order valence-corrected chi connectivity index (χ2v) is 6.14. The first-order valence-electron chi connectivity index (χ1n) is 8.37. The Balaban J connectivity index is 1.60. The number of hydrogen-bond donors (Lipinski definition) is 1. The van der Waals surface area contributed by atoms with E-state index in [1.165, 1.54) is 5.57 Å². The number of rotatable bonds is 4. The highest BCUT2D eigenvalue weighted by Crippen LogP contribution is 2.24. The van der Waals surface area contributed by atoms with Crippen molar-refractivity contribution >= 4 is 11.5 Å². The molecule has 4 heteroatoms. The molecule has 1 heterocycles. The molecule has 126 valence electrons. The summed E-state index contributed by atoms with van der Waals surface area (Å²) >= 11 is 0. The largest absolute Gasteiger partial charge is 0.388 e. The van der Waals surface area contributed by atoms with Crippen LogP contribution in [-0.2, 0) is 4.79 Å². The second-order valence-electron chi connectivity index (χ2n) is 6.14. The molecular weight excluding hydrogens is 312 g/mol. The van der Waals surface area contributed by atoms with Crippen molar-refractivity contribution in [3.63, 3.8) is 0 Å². The van der Waals surface area contributed by atoms with Crippen molar-refractivity contribution < 1.29 is 9.90 Å². The monoisotopic (exact) mass is 332 g/mol. The van der Waals surface area contributed by atoms with Crippen LogP contribution in [0.15, 0.2) is 60.7 Å². The topological polar surface area (TPSA) is 64.3 Å². The van der Waals surface area contributed by atoms with Gasteiger partial charge in [0.25, 0.3) is 0 Å². The highest BCUT2D eigenvalue weighted by molar-refractivity contribution is 5.79. The minimum atomic E-state index is -0.766. The van der Waals surface area contributed by atoms with Crippen molar-refractivity contribution in [1.82, 2.24) is 4.90 Å². The van der Waals surface area contributed by atoms with E-state index in [0.717, 1.165) is 17.5 Å². The van der Waals surface area contributed by atoms with E-state index in [-0.39, 0.29) is 12.3 Å². The number of aliphatic hydroxyl groups is 1. The van der Waals surface area contributed by atoms with Gasteiger partial charge in [-0.05, 0) is 35.3 Å². The maximum atomic E-state index is 12.4. The summed E-state index contributed by atoms with van der Waals surface area (Å²) in [7, 11) is 0. The fourth-order valence-corrected chi connectivity index (χ4v) is 3.00. The third-order valence-electron chi connectivity index (χ3n) is 4.50. The molecule has 25 heavy (non-hydrogen) atoms. The van der Waals surface area contributed by atoms with Crippen LogP contribution in [0.2, 0.25) is 0 Å². The van der Waals surface area contributed by atoms with Crippen molar-refractivity contribution in [2.75, 3.05) is 13.1 Å². The molecule has 2 aromatic carbocycles. The Morgan fingerprint density at radius 1 is 1.16 bits per heavy atom. The summed E-state index contributed by atoms with van der Waals surface area (Å²) in [5.41, 5.74) is 3.70. The molecule has 2 aromatic rings. The van der Waals surface area contributed by atoms with Crippen molar-refractivity contribution in [2.24, 2.45) is 0 Å². The number of carbonyl (C=O) groups excluding carboxylic acids is 1. The van der Waals surface area contributed by atoms with Crippen LogP contribution in [0.3, 0.4) is 0 Å². The van der Waals surface area contributed by atoms with Gasteiger partial charge in [-0.15, -0.1) is 0 Å². The van der Waals surface area contributed by atoms with Crippen LogP contribution in [0, 0.1) is 11.3 Å². The van der Waals surface area contributed by atoms with Crippen molar-refractivity contribution in [3.05, 3.63) is 77.4 Å². The van der Waals surface area contributed by atoms with Gasteiger partial charge in [0, 0.05) is 13.1 Å². The molecule has 0 spiro atoms. The predicted octanol–water partition coefficient (Wildman–Crippen LogP) is 3.30. The molecule has 1 atom stereocenters. The maximum absolute atomic E-state index is 12.4. The second kappa shape index (κ2) is 7.78. The molecule has 0 aromatic heterocycles. The molecular formula is C21H20N2O2. The maximum Gasteiger partial charge on any atom is 0.225 e. The summed E-state index contributed by atoms with van der Waals surface area (Å²) in [6.07, 6.45) is 2.17. The molecule has 0 saturated carbocycles. The Hall–Kier alpha value is -2.90. The third kappa shape index (κ3) is 4.14. The van der Waals surface area contributed by atoms with Crippen LogP contribution < -0.4 is 0 Å².